The highest BCUT2D eigenvalue weighted by atomic mass is 32.2. The van der Waals surface area contributed by atoms with Gasteiger partial charge in [0, 0.05) is 12.1 Å². The van der Waals surface area contributed by atoms with Crippen LogP contribution in [0, 0.1) is 6.92 Å². The van der Waals surface area contributed by atoms with Gasteiger partial charge in [-0.05, 0) is 25.3 Å². The second-order valence-electron chi connectivity index (χ2n) is 7.38. The molecule has 7 nitrogen and oxygen atoms in total. The molecule has 30 heavy (non-hydrogen) atoms. The highest BCUT2D eigenvalue weighted by Gasteiger charge is 2.30. The second kappa shape index (κ2) is 9.21. The van der Waals surface area contributed by atoms with E-state index in [0.29, 0.717) is 12.4 Å². The Morgan fingerprint density at radius 3 is 2.40 bits per heavy atom. The van der Waals surface area contributed by atoms with E-state index in [1.807, 2.05) is 68.4 Å². The fourth-order valence-electron chi connectivity index (χ4n) is 2.89. The summed E-state index contributed by atoms with van der Waals surface area (Å²) in [6.07, 6.45) is 0. The highest BCUT2D eigenvalue weighted by molar-refractivity contribution is 7.92. The summed E-state index contributed by atoms with van der Waals surface area (Å²) in [4.78, 5) is 16.6. The van der Waals surface area contributed by atoms with Crippen LogP contribution in [0.4, 0.5) is 0 Å². The van der Waals surface area contributed by atoms with Crippen molar-refractivity contribution in [1.29, 1.82) is 0 Å². The van der Waals surface area contributed by atoms with Crippen LogP contribution in [-0.4, -0.2) is 36.3 Å². The molecule has 1 heterocycles. The first-order valence-corrected chi connectivity index (χ1v) is 11.4. The first-order chi connectivity index (χ1) is 14.3. The average Bonchev–Trinajstić information content (AvgIpc) is 3.20. The second-order valence-corrected chi connectivity index (χ2v) is 9.71. The lowest BCUT2D eigenvalue weighted by molar-refractivity contribution is -0.120. The molecule has 0 bridgehead atoms. The lowest BCUT2D eigenvalue weighted by Crippen LogP contribution is -2.40. The minimum absolute atomic E-state index is 0.0390. The van der Waals surface area contributed by atoms with Crippen molar-refractivity contribution in [1.82, 2.24) is 15.5 Å². The molecule has 158 valence electrons. The Hall–Kier alpha value is -3.00. The number of hydrogen-bond donors (Lipinski definition) is 1. The van der Waals surface area contributed by atoms with Crippen LogP contribution in [0.25, 0.3) is 11.4 Å². The van der Waals surface area contributed by atoms with Crippen molar-refractivity contribution in [3.8, 4) is 11.4 Å². The Morgan fingerprint density at radius 2 is 1.73 bits per heavy atom. The van der Waals surface area contributed by atoms with Crippen molar-refractivity contribution >= 4 is 15.7 Å². The summed E-state index contributed by atoms with van der Waals surface area (Å²) in [7, 11) is -3.81. The number of aryl methyl sites for hydroxylation is 1. The van der Waals surface area contributed by atoms with Crippen LogP contribution >= 0.6 is 0 Å². The molecule has 0 saturated carbocycles. The molecule has 2 aromatic carbocycles. The molecular weight excluding hydrogens is 402 g/mol. The van der Waals surface area contributed by atoms with E-state index >= 15 is 0 Å². The Morgan fingerprint density at radius 1 is 1.07 bits per heavy atom. The van der Waals surface area contributed by atoms with Crippen molar-refractivity contribution in [2.75, 3.05) is 6.54 Å². The molecule has 1 N–H and O–H groups in total. The van der Waals surface area contributed by atoms with Gasteiger partial charge < -0.3 is 9.84 Å². The van der Waals surface area contributed by atoms with Crippen LogP contribution in [0.2, 0.25) is 0 Å². The van der Waals surface area contributed by atoms with E-state index in [1.165, 1.54) is 6.92 Å². The van der Waals surface area contributed by atoms with Gasteiger partial charge in [0.15, 0.2) is 9.84 Å². The summed E-state index contributed by atoms with van der Waals surface area (Å²) < 4.78 is 30.4. The smallest absolute Gasteiger partial charge is 0.242 e. The fourth-order valence-corrected chi connectivity index (χ4v) is 4.01. The van der Waals surface area contributed by atoms with E-state index in [0.717, 1.165) is 16.7 Å². The molecule has 0 saturated heterocycles. The lowest BCUT2D eigenvalue weighted by Gasteiger charge is -2.16. The maximum absolute atomic E-state index is 12.7. The Labute approximate surface area is 176 Å². The fraction of sp³-hybridized carbons (Fsp3) is 0.318. The van der Waals surface area contributed by atoms with Gasteiger partial charge in [-0.2, -0.15) is 4.98 Å². The first-order valence-electron chi connectivity index (χ1n) is 9.70. The third-order valence-electron chi connectivity index (χ3n) is 4.96. The third-order valence-corrected chi connectivity index (χ3v) is 6.90. The number of amides is 1. The Kier molecular flexibility index (Phi) is 6.66. The maximum atomic E-state index is 12.7. The molecule has 3 rings (SSSR count). The number of carbonyl (C=O) groups is 1. The molecule has 1 amide bonds. The molecule has 3 aromatic rings. The van der Waals surface area contributed by atoms with E-state index in [4.69, 9.17) is 4.52 Å². The summed E-state index contributed by atoms with van der Waals surface area (Å²) in [6, 6.07) is 17.2. The summed E-state index contributed by atoms with van der Waals surface area (Å²) in [5, 5.41) is 5.34. The quantitative estimate of drug-likeness (QED) is 0.592. The minimum atomic E-state index is -3.81. The zero-order valence-electron chi connectivity index (χ0n) is 17.2. The molecule has 1 aromatic heterocycles. The number of aromatic nitrogens is 2. The van der Waals surface area contributed by atoms with Gasteiger partial charge in [-0.25, -0.2) is 8.42 Å². The summed E-state index contributed by atoms with van der Waals surface area (Å²) >= 11 is 0. The number of hydrogen-bond acceptors (Lipinski definition) is 6. The summed E-state index contributed by atoms with van der Waals surface area (Å²) in [6.45, 7) is 5.65. The number of nitrogens with one attached hydrogen (secondary N) is 1. The molecule has 0 spiro atoms. The van der Waals surface area contributed by atoms with Crippen molar-refractivity contribution < 1.29 is 17.7 Å². The van der Waals surface area contributed by atoms with E-state index < -0.39 is 26.7 Å². The summed E-state index contributed by atoms with van der Waals surface area (Å²) in [5.74, 6) is -0.694. The van der Waals surface area contributed by atoms with Gasteiger partial charge in [0.25, 0.3) is 0 Å². The minimum Gasteiger partial charge on any atom is -0.354 e. The van der Waals surface area contributed by atoms with Gasteiger partial charge in [-0.1, -0.05) is 72.2 Å². The van der Waals surface area contributed by atoms with Crippen molar-refractivity contribution in [3.05, 3.63) is 71.6 Å². The molecular formula is C22H25N3O4S. The first kappa shape index (κ1) is 21.7. The number of carbonyl (C=O) groups excluding carboxylic acids is 1. The normalized spacial score (nSPS) is 13.6. The molecule has 0 aliphatic rings. The third kappa shape index (κ3) is 5.33. The SMILES string of the molecule is Cc1ccc(-c2noc(CS(=O)(=O)[C@H](C)C(=O)NC[C@@H](C)c3ccccc3)n2)cc1. The highest BCUT2D eigenvalue weighted by Crippen LogP contribution is 2.19. The van der Waals surface area contributed by atoms with Crippen LogP contribution < -0.4 is 5.32 Å². The largest absolute Gasteiger partial charge is 0.354 e. The van der Waals surface area contributed by atoms with Crippen molar-refractivity contribution in [2.45, 2.75) is 37.7 Å². The number of sulfone groups is 1. The topological polar surface area (TPSA) is 102 Å². The van der Waals surface area contributed by atoms with Crippen molar-refractivity contribution in [2.24, 2.45) is 0 Å². The van der Waals surface area contributed by atoms with Crippen molar-refractivity contribution in [3.63, 3.8) is 0 Å². The molecule has 8 heteroatoms. The molecule has 0 aliphatic carbocycles. The van der Waals surface area contributed by atoms with E-state index in [2.05, 4.69) is 15.5 Å². The van der Waals surface area contributed by atoms with Gasteiger partial charge in [-0.15, -0.1) is 0 Å². The Bertz CT molecular complexity index is 1090. The zero-order valence-corrected chi connectivity index (χ0v) is 18.0. The molecule has 0 radical (unpaired) electrons. The van der Waals surface area contributed by atoms with Crippen LogP contribution in [-0.2, 0) is 20.4 Å². The van der Waals surface area contributed by atoms with Crippen LogP contribution in [0.15, 0.2) is 59.1 Å². The molecule has 0 aliphatic heterocycles. The monoisotopic (exact) mass is 427 g/mol. The van der Waals surface area contributed by atoms with Gasteiger partial charge in [0.05, 0.1) is 0 Å². The van der Waals surface area contributed by atoms with E-state index in [-0.39, 0.29) is 11.8 Å². The average molecular weight is 428 g/mol. The van der Waals surface area contributed by atoms with Crippen LogP contribution in [0.3, 0.4) is 0 Å². The standard InChI is InChI=1S/C22H25N3O4S/c1-15-9-11-19(12-10-15)21-24-20(29-25-21)14-30(27,28)17(3)22(26)23-13-16(2)18-7-5-4-6-8-18/h4-12,16-17H,13-14H2,1-3H3,(H,23,26)/t16-,17-/m1/s1. The molecule has 2 atom stereocenters. The van der Waals surface area contributed by atoms with E-state index in [1.54, 1.807) is 0 Å². The predicted octanol–water partition coefficient (Wildman–Crippen LogP) is 3.27. The zero-order chi connectivity index (χ0) is 21.7. The summed E-state index contributed by atoms with van der Waals surface area (Å²) in [5.41, 5.74) is 2.89. The molecule has 0 fully saturated rings. The number of rotatable bonds is 8. The maximum Gasteiger partial charge on any atom is 0.242 e. The lowest BCUT2D eigenvalue weighted by atomic mass is 10.0. The van der Waals surface area contributed by atoms with Crippen LogP contribution in [0.1, 0.15) is 36.8 Å². The number of benzene rings is 2. The Balaban J connectivity index is 1.60. The molecule has 0 unspecified atom stereocenters. The van der Waals surface area contributed by atoms with E-state index in [9.17, 15) is 13.2 Å². The van der Waals surface area contributed by atoms with Gasteiger partial charge in [-0.3, -0.25) is 4.79 Å². The predicted molar refractivity (Wildman–Crippen MR) is 114 cm³/mol. The van der Waals surface area contributed by atoms with Gasteiger partial charge in [0.2, 0.25) is 17.6 Å². The number of nitrogens with zero attached hydrogens (tertiary/aromatic N) is 2. The van der Waals surface area contributed by atoms with Crippen LogP contribution in [0.5, 0.6) is 0 Å². The van der Waals surface area contributed by atoms with Gasteiger partial charge >= 0.3 is 0 Å². The van der Waals surface area contributed by atoms with Gasteiger partial charge in [0.1, 0.15) is 11.0 Å².